The van der Waals surface area contributed by atoms with Crippen LogP contribution >= 0.6 is 0 Å². The number of aryl methyl sites for hydroxylation is 1. The van der Waals surface area contributed by atoms with E-state index in [1.165, 1.54) is 47.8 Å². The molecular formula is C15H20N2. The van der Waals surface area contributed by atoms with Crippen molar-refractivity contribution in [2.75, 3.05) is 13.1 Å². The number of hydrogen-bond acceptors (Lipinski definition) is 1. The van der Waals surface area contributed by atoms with E-state index in [0.717, 1.165) is 12.5 Å². The third-order valence-electron chi connectivity index (χ3n) is 3.88. The predicted molar refractivity (Wildman–Crippen MR) is 72.5 cm³/mol. The first-order valence-electron chi connectivity index (χ1n) is 6.63. The van der Waals surface area contributed by atoms with Gasteiger partial charge in [0.15, 0.2) is 0 Å². The minimum absolute atomic E-state index is 0.723. The third-order valence-corrected chi connectivity index (χ3v) is 3.88. The molecule has 1 aromatic carbocycles. The van der Waals surface area contributed by atoms with Crippen molar-refractivity contribution < 1.29 is 0 Å². The Balaban J connectivity index is 2.00. The predicted octanol–water partition coefficient (Wildman–Crippen LogP) is 3.33. The summed E-state index contributed by atoms with van der Waals surface area (Å²) in [7, 11) is 0. The molecule has 1 unspecified atom stereocenters. The number of aromatic nitrogens is 1. The van der Waals surface area contributed by atoms with Crippen LogP contribution in [0.4, 0.5) is 0 Å². The number of hydrogen-bond donors (Lipinski definition) is 2. The van der Waals surface area contributed by atoms with Crippen LogP contribution in [0.5, 0.6) is 0 Å². The van der Waals surface area contributed by atoms with Crippen molar-refractivity contribution in [1.29, 1.82) is 0 Å². The van der Waals surface area contributed by atoms with Crippen molar-refractivity contribution in [3.63, 3.8) is 0 Å². The summed E-state index contributed by atoms with van der Waals surface area (Å²) in [5, 5.41) is 4.92. The summed E-state index contributed by atoms with van der Waals surface area (Å²) in [6.07, 6.45) is 6.10. The zero-order valence-corrected chi connectivity index (χ0v) is 10.4. The molecule has 0 radical (unpaired) electrons. The molecule has 1 saturated heterocycles. The second-order valence-corrected chi connectivity index (χ2v) is 5.17. The van der Waals surface area contributed by atoms with Gasteiger partial charge in [0.2, 0.25) is 0 Å². The van der Waals surface area contributed by atoms with E-state index in [0.29, 0.717) is 0 Å². The number of benzene rings is 1. The summed E-state index contributed by atoms with van der Waals surface area (Å²) >= 11 is 0. The van der Waals surface area contributed by atoms with Crippen LogP contribution in [0.15, 0.2) is 24.4 Å². The number of H-pyrrole nitrogens is 1. The Kier molecular flexibility index (Phi) is 2.89. The molecule has 90 valence electrons. The summed E-state index contributed by atoms with van der Waals surface area (Å²) in [4.78, 5) is 3.41. The molecule has 1 atom stereocenters. The zero-order valence-electron chi connectivity index (χ0n) is 10.4. The van der Waals surface area contributed by atoms with Crippen LogP contribution in [0.2, 0.25) is 0 Å². The Bertz CT molecular complexity index is 505. The van der Waals surface area contributed by atoms with Crippen LogP contribution in [0, 0.1) is 6.92 Å². The maximum absolute atomic E-state index is 3.49. The summed E-state index contributed by atoms with van der Waals surface area (Å²) < 4.78 is 0. The van der Waals surface area contributed by atoms with Gasteiger partial charge in [-0.25, -0.2) is 0 Å². The van der Waals surface area contributed by atoms with E-state index in [1.807, 2.05) is 0 Å². The monoisotopic (exact) mass is 228 g/mol. The summed E-state index contributed by atoms with van der Waals surface area (Å²) in [6.45, 7) is 4.51. The van der Waals surface area contributed by atoms with E-state index in [4.69, 9.17) is 0 Å². The fourth-order valence-electron chi connectivity index (χ4n) is 2.92. The molecule has 2 nitrogen and oxygen atoms in total. The Labute approximate surface area is 102 Å². The highest BCUT2D eigenvalue weighted by atomic mass is 14.8. The molecule has 2 N–H and O–H groups in total. The standard InChI is InChI=1S/C15H20N2/c1-11-4-5-15-13(9-11)14(10-17-15)12-3-2-7-16-8-6-12/h4-5,9-10,12,16-17H,2-3,6-8H2,1H3. The van der Waals surface area contributed by atoms with E-state index in [9.17, 15) is 0 Å². The molecule has 1 aliphatic rings. The van der Waals surface area contributed by atoms with Crippen LogP contribution in [0.25, 0.3) is 10.9 Å². The lowest BCUT2D eigenvalue weighted by Crippen LogP contribution is -2.13. The largest absolute Gasteiger partial charge is 0.361 e. The topological polar surface area (TPSA) is 27.8 Å². The summed E-state index contributed by atoms with van der Waals surface area (Å²) in [5.74, 6) is 0.723. The smallest absolute Gasteiger partial charge is 0.0457 e. The van der Waals surface area contributed by atoms with Crippen molar-refractivity contribution in [3.8, 4) is 0 Å². The molecule has 0 saturated carbocycles. The van der Waals surface area contributed by atoms with Gasteiger partial charge < -0.3 is 10.3 Å². The highest BCUT2D eigenvalue weighted by Gasteiger charge is 2.17. The molecule has 0 aliphatic carbocycles. The van der Waals surface area contributed by atoms with E-state index in [-0.39, 0.29) is 0 Å². The highest BCUT2D eigenvalue weighted by Crippen LogP contribution is 2.32. The molecule has 3 rings (SSSR count). The first-order chi connectivity index (χ1) is 8.34. The quantitative estimate of drug-likeness (QED) is 0.770. The van der Waals surface area contributed by atoms with Gasteiger partial charge in [-0.15, -0.1) is 0 Å². The van der Waals surface area contributed by atoms with Gasteiger partial charge in [-0.2, -0.15) is 0 Å². The summed E-state index contributed by atoms with van der Waals surface area (Å²) in [6, 6.07) is 6.69. The van der Waals surface area contributed by atoms with E-state index in [1.54, 1.807) is 0 Å². The Morgan fingerprint density at radius 3 is 3.06 bits per heavy atom. The zero-order chi connectivity index (χ0) is 11.7. The van der Waals surface area contributed by atoms with E-state index >= 15 is 0 Å². The van der Waals surface area contributed by atoms with E-state index in [2.05, 4.69) is 41.6 Å². The summed E-state index contributed by atoms with van der Waals surface area (Å²) in [5.41, 5.74) is 4.15. The lowest BCUT2D eigenvalue weighted by Gasteiger charge is -2.12. The Hall–Kier alpha value is -1.28. The first kappa shape index (κ1) is 10.8. The minimum atomic E-state index is 0.723. The van der Waals surface area contributed by atoms with Crippen molar-refractivity contribution in [2.45, 2.75) is 32.1 Å². The van der Waals surface area contributed by atoms with Gasteiger partial charge in [-0.1, -0.05) is 11.6 Å². The normalized spacial score (nSPS) is 21.6. The van der Waals surface area contributed by atoms with Crippen molar-refractivity contribution in [2.24, 2.45) is 0 Å². The third kappa shape index (κ3) is 2.09. The molecule has 1 aromatic heterocycles. The minimum Gasteiger partial charge on any atom is -0.361 e. The van der Waals surface area contributed by atoms with Gasteiger partial charge in [-0.3, -0.25) is 0 Å². The fourth-order valence-corrected chi connectivity index (χ4v) is 2.92. The van der Waals surface area contributed by atoms with Crippen LogP contribution in [0.1, 0.15) is 36.3 Å². The maximum atomic E-state index is 3.49. The number of nitrogens with one attached hydrogen (secondary N) is 2. The first-order valence-corrected chi connectivity index (χ1v) is 6.63. The van der Waals surface area contributed by atoms with Crippen LogP contribution in [0.3, 0.4) is 0 Å². The van der Waals surface area contributed by atoms with Gasteiger partial charge in [0.25, 0.3) is 0 Å². The van der Waals surface area contributed by atoms with Crippen molar-refractivity contribution >= 4 is 10.9 Å². The van der Waals surface area contributed by atoms with Crippen LogP contribution in [-0.4, -0.2) is 18.1 Å². The SMILES string of the molecule is Cc1ccc2[nH]cc(C3CCCNCC3)c2c1. The second kappa shape index (κ2) is 4.53. The number of aromatic amines is 1. The average molecular weight is 228 g/mol. The molecule has 1 aliphatic heterocycles. The van der Waals surface area contributed by atoms with E-state index < -0.39 is 0 Å². The maximum Gasteiger partial charge on any atom is 0.0457 e. The molecule has 2 heterocycles. The molecule has 1 fully saturated rings. The molecule has 17 heavy (non-hydrogen) atoms. The number of fused-ring (bicyclic) bond motifs is 1. The van der Waals surface area contributed by atoms with Crippen LogP contribution < -0.4 is 5.32 Å². The highest BCUT2D eigenvalue weighted by molar-refractivity contribution is 5.84. The van der Waals surface area contributed by atoms with Gasteiger partial charge in [0.1, 0.15) is 0 Å². The Morgan fingerprint density at radius 2 is 2.12 bits per heavy atom. The Morgan fingerprint density at radius 1 is 1.18 bits per heavy atom. The lowest BCUT2D eigenvalue weighted by molar-refractivity contribution is 0.613. The van der Waals surface area contributed by atoms with Gasteiger partial charge in [-0.05, 0) is 62.9 Å². The molecule has 0 bridgehead atoms. The number of rotatable bonds is 1. The van der Waals surface area contributed by atoms with Crippen molar-refractivity contribution in [1.82, 2.24) is 10.3 Å². The second-order valence-electron chi connectivity index (χ2n) is 5.17. The molecule has 0 spiro atoms. The molecular weight excluding hydrogens is 208 g/mol. The van der Waals surface area contributed by atoms with Crippen LogP contribution in [-0.2, 0) is 0 Å². The molecule has 0 amide bonds. The fraction of sp³-hybridized carbons (Fsp3) is 0.467. The molecule has 2 aromatic rings. The van der Waals surface area contributed by atoms with Gasteiger partial charge in [0.05, 0.1) is 0 Å². The lowest BCUT2D eigenvalue weighted by atomic mass is 9.91. The molecule has 2 heteroatoms. The van der Waals surface area contributed by atoms with Crippen molar-refractivity contribution in [3.05, 3.63) is 35.5 Å². The average Bonchev–Trinajstić information content (AvgIpc) is 2.58. The van der Waals surface area contributed by atoms with Gasteiger partial charge in [0, 0.05) is 17.1 Å². The van der Waals surface area contributed by atoms with Gasteiger partial charge >= 0.3 is 0 Å².